The van der Waals surface area contributed by atoms with E-state index in [0.717, 1.165) is 0 Å². The molecular formula is C20H32N6O8. The highest BCUT2D eigenvalue weighted by Crippen LogP contribution is 2.07. The van der Waals surface area contributed by atoms with Gasteiger partial charge in [0.05, 0.1) is 19.0 Å². The summed E-state index contributed by atoms with van der Waals surface area (Å²) in [6.07, 6.45) is 2.52. The molecule has 0 aliphatic heterocycles. The quantitative estimate of drug-likeness (QED) is 0.133. The Labute approximate surface area is 195 Å². The van der Waals surface area contributed by atoms with Gasteiger partial charge in [-0.05, 0) is 12.3 Å². The van der Waals surface area contributed by atoms with Crippen molar-refractivity contribution in [1.82, 2.24) is 25.9 Å². The summed E-state index contributed by atoms with van der Waals surface area (Å²) in [6.45, 7) is 2.77. The molecule has 190 valence electrons. The maximum Gasteiger partial charge on any atom is 0.326 e. The molecule has 1 heterocycles. The maximum absolute atomic E-state index is 12.9. The Kier molecular flexibility index (Phi) is 11.7. The zero-order valence-corrected chi connectivity index (χ0v) is 19.0. The molecule has 14 nitrogen and oxygen atoms in total. The Morgan fingerprint density at radius 1 is 1.03 bits per heavy atom. The van der Waals surface area contributed by atoms with Gasteiger partial charge >= 0.3 is 11.9 Å². The van der Waals surface area contributed by atoms with Crippen LogP contribution >= 0.6 is 0 Å². The van der Waals surface area contributed by atoms with Gasteiger partial charge in [0.1, 0.15) is 18.1 Å². The molecular weight excluding hydrogens is 452 g/mol. The van der Waals surface area contributed by atoms with Gasteiger partial charge in [-0.25, -0.2) is 9.78 Å². The van der Waals surface area contributed by atoms with Crippen molar-refractivity contribution in [3.8, 4) is 0 Å². The van der Waals surface area contributed by atoms with Crippen molar-refractivity contribution in [2.24, 2.45) is 11.7 Å². The van der Waals surface area contributed by atoms with Crippen molar-refractivity contribution in [3.05, 3.63) is 18.2 Å². The zero-order chi connectivity index (χ0) is 25.8. The largest absolute Gasteiger partial charge is 0.481 e. The lowest BCUT2D eigenvalue weighted by molar-refractivity contribution is -0.143. The van der Waals surface area contributed by atoms with E-state index in [1.165, 1.54) is 12.5 Å². The zero-order valence-electron chi connectivity index (χ0n) is 19.0. The van der Waals surface area contributed by atoms with Crippen molar-refractivity contribution in [2.45, 2.75) is 63.7 Å². The first-order valence-corrected chi connectivity index (χ1v) is 10.7. The van der Waals surface area contributed by atoms with E-state index in [4.69, 9.17) is 10.8 Å². The average molecular weight is 485 g/mol. The van der Waals surface area contributed by atoms with E-state index in [9.17, 15) is 34.2 Å². The van der Waals surface area contributed by atoms with E-state index >= 15 is 0 Å². The molecule has 14 heteroatoms. The lowest BCUT2D eigenvalue weighted by Gasteiger charge is -2.25. The van der Waals surface area contributed by atoms with Crippen LogP contribution < -0.4 is 21.7 Å². The molecule has 0 saturated carbocycles. The third-order valence-electron chi connectivity index (χ3n) is 5.25. The Bertz CT molecular complexity index is 846. The van der Waals surface area contributed by atoms with Gasteiger partial charge in [0.25, 0.3) is 0 Å². The number of H-pyrrole nitrogens is 1. The van der Waals surface area contributed by atoms with Crippen LogP contribution in [0.1, 0.15) is 38.8 Å². The van der Waals surface area contributed by atoms with Crippen LogP contribution in [0.15, 0.2) is 12.5 Å². The van der Waals surface area contributed by atoms with Crippen molar-refractivity contribution in [1.29, 1.82) is 0 Å². The molecule has 0 bridgehead atoms. The number of rotatable bonds is 15. The lowest BCUT2D eigenvalue weighted by Crippen LogP contribution is -2.59. The Balaban J connectivity index is 2.93. The number of nitrogens with two attached hydrogens (primary N) is 1. The van der Waals surface area contributed by atoms with Crippen LogP contribution in [0.2, 0.25) is 0 Å². The summed E-state index contributed by atoms with van der Waals surface area (Å²) in [5.74, 6) is -5.33. The van der Waals surface area contributed by atoms with E-state index in [2.05, 4.69) is 25.9 Å². The van der Waals surface area contributed by atoms with E-state index in [1.807, 2.05) is 6.92 Å². The third kappa shape index (κ3) is 9.15. The third-order valence-corrected chi connectivity index (χ3v) is 5.25. The summed E-state index contributed by atoms with van der Waals surface area (Å²) in [5, 5.41) is 34.4. The average Bonchev–Trinajstić information content (AvgIpc) is 3.30. The van der Waals surface area contributed by atoms with Crippen LogP contribution in [-0.4, -0.2) is 85.7 Å². The van der Waals surface area contributed by atoms with Gasteiger partial charge in [-0.1, -0.05) is 20.3 Å². The molecule has 0 aliphatic rings. The van der Waals surface area contributed by atoms with E-state index in [-0.39, 0.29) is 12.3 Å². The van der Waals surface area contributed by atoms with Gasteiger partial charge in [0, 0.05) is 24.7 Å². The van der Waals surface area contributed by atoms with Gasteiger partial charge in [-0.3, -0.25) is 19.2 Å². The second-order valence-electron chi connectivity index (χ2n) is 7.83. The molecule has 1 rings (SSSR count). The molecule has 34 heavy (non-hydrogen) atoms. The molecule has 1 aromatic rings. The van der Waals surface area contributed by atoms with Crippen molar-refractivity contribution < 1.29 is 39.3 Å². The van der Waals surface area contributed by atoms with E-state index in [0.29, 0.717) is 12.1 Å². The smallest absolute Gasteiger partial charge is 0.326 e. The van der Waals surface area contributed by atoms with Crippen LogP contribution in [0.5, 0.6) is 0 Å². The molecule has 5 atom stereocenters. The number of aromatic amines is 1. The number of aliphatic hydroxyl groups excluding tert-OH is 1. The van der Waals surface area contributed by atoms with Crippen LogP contribution in [0.3, 0.4) is 0 Å². The standard InChI is InChI=1S/C20H32N6O8/c1-3-10(2)16(21)19(32)25-13(6-11-7-22-9-23-11)17(30)26-14(8-27)18(31)24-12(20(33)34)4-5-15(28)29/h7,9-10,12-14,16,27H,3-6,8,21H2,1-2H3,(H,22,23)(H,24,31)(H,25,32)(H,26,30)(H,28,29)(H,33,34). The molecule has 0 radical (unpaired) electrons. The van der Waals surface area contributed by atoms with Crippen LogP contribution in [-0.2, 0) is 30.4 Å². The number of hydrogen-bond acceptors (Lipinski definition) is 8. The van der Waals surface area contributed by atoms with Gasteiger partial charge in [0.15, 0.2) is 0 Å². The summed E-state index contributed by atoms with van der Waals surface area (Å²) >= 11 is 0. The number of aliphatic hydroxyl groups is 1. The highest BCUT2D eigenvalue weighted by atomic mass is 16.4. The molecule has 3 amide bonds. The Morgan fingerprint density at radius 2 is 1.62 bits per heavy atom. The molecule has 5 unspecified atom stereocenters. The fraction of sp³-hybridized carbons (Fsp3) is 0.600. The second-order valence-corrected chi connectivity index (χ2v) is 7.83. The first kappa shape index (κ1) is 28.5. The van der Waals surface area contributed by atoms with E-state index < -0.39 is 73.3 Å². The number of carbonyl (C=O) groups excluding carboxylic acids is 3. The molecule has 0 aromatic carbocycles. The molecule has 9 N–H and O–H groups in total. The fourth-order valence-corrected chi connectivity index (χ4v) is 2.87. The number of aromatic nitrogens is 2. The Morgan fingerprint density at radius 3 is 2.12 bits per heavy atom. The maximum atomic E-state index is 12.9. The van der Waals surface area contributed by atoms with Crippen LogP contribution in [0, 0.1) is 5.92 Å². The SMILES string of the molecule is CCC(C)C(N)C(=O)NC(Cc1cnc[nH]1)C(=O)NC(CO)C(=O)NC(CCC(=O)O)C(=O)O. The summed E-state index contributed by atoms with van der Waals surface area (Å²) in [6, 6.07) is -5.16. The number of carboxylic acid groups (broad SMARTS) is 2. The number of aliphatic carboxylic acids is 2. The number of imidazole rings is 1. The summed E-state index contributed by atoms with van der Waals surface area (Å²) in [4.78, 5) is 66.5. The molecule has 0 aliphatic carbocycles. The number of amides is 3. The molecule has 0 spiro atoms. The highest BCUT2D eigenvalue weighted by molar-refractivity contribution is 5.94. The number of carbonyl (C=O) groups is 5. The van der Waals surface area contributed by atoms with Crippen molar-refractivity contribution in [3.63, 3.8) is 0 Å². The van der Waals surface area contributed by atoms with Gasteiger partial charge in [-0.15, -0.1) is 0 Å². The topological polar surface area (TPSA) is 237 Å². The summed E-state index contributed by atoms with van der Waals surface area (Å²) < 4.78 is 0. The van der Waals surface area contributed by atoms with Crippen molar-refractivity contribution >= 4 is 29.7 Å². The lowest BCUT2D eigenvalue weighted by atomic mass is 9.98. The first-order valence-electron chi connectivity index (χ1n) is 10.7. The number of nitrogens with one attached hydrogen (secondary N) is 4. The van der Waals surface area contributed by atoms with Gasteiger partial charge < -0.3 is 42.0 Å². The predicted octanol–water partition coefficient (Wildman–Crippen LogP) is -2.28. The fourth-order valence-electron chi connectivity index (χ4n) is 2.87. The number of hydrogen-bond donors (Lipinski definition) is 8. The first-order chi connectivity index (χ1) is 16.0. The second kappa shape index (κ2) is 13.9. The molecule has 0 fully saturated rings. The number of carboxylic acids is 2. The number of nitrogens with zero attached hydrogens (tertiary/aromatic N) is 1. The molecule has 0 saturated heterocycles. The normalized spacial score (nSPS) is 15.3. The van der Waals surface area contributed by atoms with Crippen LogP contribution in [0.4, 0.5) is 0 Å². The Hall–Kier alpha value is -3.52. The van der Waals surface area contributed by atoms with Crippen molar-refractivity contribution in [2.75, 3.05) is 6.61 Å². The minimum Gasteiger partial charge on any atom is -0.481 e. The van der Waals surface area contributed by atoms with Crippen LogP contribution in [0.25, 0.3) is 0 Å². The predicted molar refractivity (Wildman–Crippen MR) is 117 cm³/mol. The van der Waals surface area contributed by atoms with Gasteiger partial charge in [0.2, 0.25) is 17.7 Å². The molecule has 1 aromatic heterocycles. The summed E-state index contributed by atoms with van der Waals surface area (Å²) in [7, 11) is 0. The summed E-state index contributed by atoms with van der Waals surface area (Å²) in [5.41, 5.74) is 6.44. The minimum atomic E-state index is -1.55. The van der Waals surface area contributed by atoms with E-state index in [1.54, 1.807) is 6.92 Å². The monoisotopic (exact) mass is 484 g/mol. The minimum absolute atomic E-state index is 0.0269. The highest BCUT2D eigenvalue weighted by Gasteiger charge is 2.31. The van der Waals surface area contributed by atoms with Gasteiger partial charge in [-0.2, -0.15) is 0 Å².